The normalized spacial score (nSPS) is 25.0. The molecular weight excluding hydrogens is 338 g/mol. The largest absolute Gasteiger partial charge is 0.342 e. The third-order valence-corrected chi connectivity index (χ3v) is 6.58. The molecule has 1 saturated heterocycles. The van der Waals surface area contributed by atoms with Gasteiger partial charge < -0.3 is 4.90 Å². The molecule has 2 aromatic rings. The minimum absolute atomic E-state index is 0.279. The van der Waals surface area contributed by atoms with E-state index >= 15 is 0 Å². The van der Waals surface area contributed by atoms with Crippen molar-refractivity contribution >= 4 is 11.6 Å². The highest BCUT2D eigenvalue weighted by Crippen LogP contribution is 2.28. The Hall–Kier alpha value is -1.95. The second kappa shape index (κ2) is 7.97. The van der Waals surface area contributed by atoms with Gasteiger partial charge in [-0.1, -0.05) is 13.0 Å². The van der Waals surface area contributed by atoms with Crippen LogP contribution in [0.4, 0.5) is 0 Å². The van der Waals surface area contributed by atoms with Crippen LogP contribution in [-0.4, -0.2) is 63.0 Å². The first kappa shape index (κ1) is 18.4. The van der Waals surface area contributed by atoms with Gasteiger partial charge in [0.15, 0.2) is 5.65 Å². The van der Waals surface area contributed by atoms with E-state index in [0.717, 1.165) is 56.2 Å². The molecular formula is C21H31N5O. The molecule has 146 valence electrons. The summed E-state index contributed by atoms with van der Waals surface area (Å²) in [6.45, 7) is 4.78. The zero-order chi connectivity index (χ0) is 18.8. The monoisotopic (exact) mass is 369 g/mol. The molecule has 0 aromatic carbocycles. The van der Waals surface area contributed by atoms with Gasteiger partial charge >= 0.3 is 0 Å². The fraction of sp³-hybridized carbons (Fsp3) is 0.667. The Morgan fingerprint density at radius 3 is 2.59 bits per heavy atom. The molecule has 1 aliphatic carbocycles. The molecule has 0 unspecified atom stereocenters. The van der Waals surface area contributed by atoms with E-state index in [2.05, 4.69) is 26.4 Å². The van der Waals surface area contributed by atoms with E-state index in [0.29, 0.717) is 18.5 Å². The predicted molar refractivity (Wildman–Crippen MR) is 106 cm³/mol. The molecule has 0 atom stereocenters. The van der Waals surface area contributed by atoms with Gasteiger partial charge in [0.1, 0.15) is 5.82 Å². The molecule has 2 aromatic heterocycles. The first-order chi connectivity index (χ1) is 13.1. The maximum Gasteiger partial charge on any atom is 0.236 e. The zero-order valence-electron chi connectivity index (χ0n) is 16.5. The lowest BCUT2D eigenvalue weighted by Gasteiger charge is -2.36. The molecule has 6 heteroatoms. The molecule has 4 rings (SSSR count). The topological polar surface area (TPSA) is 53.7 Å². The summed E-state index contributed by atoms with van der Waals surface area (Å²) in [4.78, 5) is 17.1. The number of likely N-dealkylation sites (N-methyl/N-ethyl adjacent to an activating group) is 1. The highest BCUT2D eigenvalue weighted by Gasteiger charge is 2.28. The molecule has 1 amide bonds. The Kier molecular flexibility index (Phi) is 5.43. The fourth-order valence-corrected chi connectivity index (χ4v) is 4.62. The maximum atomic E-state index is 12.7. The standard InChI is InChI=1S/C21H31N5O/c1-16-6-8-18(9-7-16)24(2)20(27)15-25-13-10-17(11-14-25)21-23-22-19-5-3-4-12-26(19)21/h3-5,12,16-18H,6-11,13-15H2,1-2H3. The van der Waals surface area contributed by atoms with E-state index in [4.69, 9.17) is 0 Å². The van der Waals surface area contributed by atoms with E-state index in [1.54, 1.807) is 0 Å². The minimum atomic E-state index is 0.279. The smallest absolute Gasteiger partial charge is 0.236 e. The molecule has 3 heterocycles. The number of hydrogen-bond donors (Lipinski definition) is 0. The minimum Gasteiger partial charge on any atom is -0.342 e. The number of likely N-dealkylation sites (tertiary alicyclic amines) is 1. The SMILES string of the molecule is CC1CCC(N(C)C(=O)CN2CCC(c3nnc4ccccn34)CC2)CC1. The highest BCUT2D eigenvalue weighted by atomic mass is 16.2. The third-order valence-electron chi connectivity index (χ3n) is 6.58. The van der Waals surface area contributed by atoms with Crippen molar-refractivity contribution < 1.29 is 4.79 Å². The van der Waals surface area contributed by atoms with Gasteiger partial charge in [-0.05, 0) is 69.7 Å². The number of hydrogen-bond acceptors (Lipinski definition) is 4. The molecule has 0 radical (unpaired) electrons. The van der Waals surface area contributed by atoms with Crippen molar-refractivity contribution in [2.24, 2.45) is 5.92 Å². The molecule has 0 N–H and O–H groups in total. The van der Waals surface area contributed by atoms with Crippen LogP contribution in [-0.2, 0) is 4.79 Å². The van der Waals surface area contributed by atoms with E-state index < -0.39 is 0 Å². The first-order valence-electron chi connectivity index (χ1n) is 10.4. The van der Waals surface area contributed by atoms with Crippen molar-refractivity contribution in [3.63, 3.8) is 0 Å². The Morgan fingerprint density at radius 1 is 1.11 bits per heavy atom. The van der Waals surface area contributed by atoms with Gasteiger partial charge in [0.2, 0.25) is 5.91 Å². The predicted octanol–water partition coefficient (Wildman–Crippen LogP) is 2.95. The van der Waals surface area contributed by atoms with Gasteiger partial charge in [0.25, 0.3) is 0 Å². The number of piperidine rings is 1. The lowest BCUT2D eigenvalue weighted by atomic mass is 9.87. The first-order valence-corrected chi connectivity index (χ1v) is 10.4. The van der Waals surface area contributed by atoms with Crippen molar-refractivity contribution in [3.05, 3.63) is 30.2 Å². The van der Waals surface area contributed by atoms with Crippen LogP contribution in [0, 0.1) is 5.92 Å². The summed E-state index contributed by atoms with van der Waals surface area (Å²) in [6, 6.07) is 6.45. The summed E-state index contributed by atoms with van der Waals surface area (Å²) in [5.74, 6) is 2.58. The van der Waals surface area contributed by atoms with Gasteiger partial charge in [-0.15, -0.1) is 10.2 Å². The van der Waals surface area contributed by atoms with Crippen molar-refractivity contribution in [2.45, 2.75) is 57.4 Å². The molecule has 2 aliphatic rings. The van der Waals surface area contributed by atoms with Crippen LogP contribution in [0.5, 0.6) is 0 Å². The average Bonchev–Trinajstić information content (AvgIpc) is 3.13. The number of amides is 1. The summed E-state index contributed by atoms with van der Waals surface area (Å²) < 4.78 is 2.10. The number of fused-ring (bicyclic) bond motifs is 1. The number of nitrogens with zero attached hydrogens (tertiary/aromatic N) is 5. The third kappa shape index (κ3) is 4.00. The second-order valence-electron chi connectivity index (χ2n) is 8.46. The van der Waals surface area contributed by atoms with Gasteiger partial charge in [-0.3, -0.25) is 14.1 Å². The maximum absolute atomic E-state index is 12.7. The number of rotatable bonds is 4. The Morgan fingerprint density at radius 2 is 1.85 bits per heavy atom. The lowest BCUT2D eigenvalue weighted by molar-refractivity contribution is -0.134. The second-order valence-corrected chi connectivity index (χ2v) is 8.46. The molecule has 6 nitrogen and oxygen atoms in total. The van der Waals surface area contributed by atoms with E-state index in [1.807, 2.05) is 36.3 Å². The Bertz CT molecular complexity index is 772. The molecule has 1 aliphatic heterocycles. The van der Waals surface area contributed by atoms with Gasteiger partial charge in [0.05, 0.1) is 6.54 Å². The highest BCUT2D eigenvalue weighted by molar-refractivity contribution is 5.78. The van der Waals surface area contributed by atoms with Gasteiger partial charge in [0, 0.05) is 25.2 Å². The van der Waals surface area contributed by atoms with Crippen LogP contribution in [0.1, 0.15) is 57.2 Å². The molecule has 0 spiro atoms. The van der Waals surface area contributed by atoms with Crippen LogP contribution in [0.2, 0.25) is 0 Å². The van der Waals surface area contributed by atoms with E-state index in [9.17, 15) is 4.79 Å². The van der Waals surface area contributed by atoms with Crippen LogP contribution in [0.3, 0.4) is 0 Å². The quantitative estimate of drug-likeness (QED) is 0.831. The summed E-state index contributed by atoms with van der Waals surface area (Å²) in [7, 11) is 2.00. The van der Waals surface area contributed by atoms with Crippen LogP contribution in [0.15, 0.2) is 24.4 Å². The number of carbonyl (C=O) groups is 1. The van der Waals surface area contributed by atoms with Gasteiger partial charge in [-0.2, -0.15) is 0 Å². The molecule has 0 bridgehead atoms. The van der Waals surface area contributed by atoms with Gasteiger partial charge in [-0.25, -0.2) is 0 Å². The fourth-order valence-electron chi connectivity index (χ4n) is 4.62. The Labute approximate surface area is 161 Å². The summed E-state index contributed by atoms with van der Waals surface area (Å²) in [6.07, 6.45) is 8.93. The average molecular weight is 370 g/mol. The van der Waals surface area contributed by atoms with Crippen LogP contribution >= 0.6 is 0 Å². The van der Waals surface area contributed by atoms with Crippen molar-refractivity contribution in [1.29, 1.82) is 0 Å². The zero-order valence-corrected chi connectivity index (χ0v) is 16.5. The molecule has 2 fully saturated rings. The molecule has 27 heavy (non-hydrogen) atoms. The van der Waals surface area contributed by atoms with Crippen LogP contribution < -0.4 is 0 Å². The van der Waals surface area contributed by atoms with E-state index in [1.165, 1.54) is 12.8 Å². The van der Waals surface area contributed by atoms with Crippen LogP contribution in [0.25, 0.3) is 5.65 Å². The summed E-state index contributed by atoms with van der Waals surface area (Å²) >= 11 is 0. The molecule has 1 saturated carbocycles. The van der Waals surface area contributed by atoms with Crippen molar-refractivity contribution in [2.75, 3.05) is 26.7 Å². The van der Waals surface area contributed by atoms with Crippen molar-refractivity contribution in [3.8, 4) is 0 Å². The number of pyridine rings is 1. The number of carbonyl (C=O) groups excluding carboxylic acids is 1. The number of aromatic nitrogens is 3. The Balaban J connectivity index is 1.30. The van der Waals surface area contributed by atoms with E-state index in [-0.39, 0.29) is 5.91 Å². The lowest BCUT2D eigenvalue weighted by Crippen LogP contribution is -2.46. The summed E-state index contributed by atoms with van der Waals surface area (Å²) in [5.41, 5.74) is 0.911. The van der Waals surface area contributed by atoms with Crippen molar-refractivity contribution in [1.82, 2.24) is 24.4 Å². The summed E-state index contributed by atoms with van der Waals surface area (Å²) in [5, 5.41) is 8.70.